The number of benzene rings is 1. The first-order valence-electron chi connectivity index (χ1n) is 7.66. The summed E-state index contributed by atoms with van der Waals surface area (Å²) in [7, 11) is 3.63. The number of imidazole rings is 1. The summed E-state index contributed by atoms with van der Waals surface area (Å²) in [5.74, 6) is 1.45. The normalized spacial score (nSPS) is 14.1. The molecule has 4 rings (SSSR count). The Kier molecular flexibility index (Phi) is 3.55. The second-order valence-corrected chi connectivity index (χ2v) is 5.54. The average Bonchev–Trinajstić information content (AvgIpc) is 3.22. The maximum atomic E-state index is 5.39. The minimum atomic E-state index is 0.688. The number of hydrogen-bond donors (Lipinski definition) is 2. The molecule has 0 saturated carbocycles. The van der Waals surface area contributed by atoms with Gasteiger partial charge in [0.15, 0.2) is 11.5 Å². The molecule has 0 bridgehead atoms. The highest BCUT2D eigenvalue weighted by molar-refractivity contribution is 5.76. The molecule has 122 valence electrons. The zero-order valence-corrected chi connectivity index (χ0v) is 13.5. The standard InChI is InChI=1S/C17H18N6O/c1-22-11-12(9-20-22)14-10-19-17-16(18-7-8-23(14)17)21-13-5-3-4-6-15(13)24-2/h3-8,10-11,20H,9H2,1-2H3,(H,18,21). The molecule has 0 unspecified atom stereocenters. The van der Waals surface area contributed by atoms with Gasteiger partial charge in [-0.1, -0.05) is 12.1 Å². The molecule has 1 aromatic carbocycles. The van der Waals surface area contributed by atoms with Gasteiger partial charge >= 0.3 is 0 Å². The lowest BCUT2D eigenvalue weighted by atomic mass is 10.2. The first-order chi connectivity index (χ1) is 11.8. The highest BCUT2D eigenvalue weighted by Crippen LogP contribution is 2.28. The molecule has 24 heavy (non-hydrogen) atoms. The number of anilines is 2. The minimum Gasteiger partial charge on any atom is -0.495 e. The molecular weight excluding hydrogens is 304 g/mol. The Morgan fingerprint density at radius 3 is 2.92 bits per heavy atom. The molecule has 1 aliphatic heterocycles. The van der Waals surface area contributed by atoms with Gasteiger partial charge in [-0.05, 0) is 12.1 Å². The fraction of sp³-hybridized carbons (Fsp3) is 0.176. The highest BCUT2D eigenvalue weighted by atomic mass is 16.5. The molecule has 7 nitrogen and oxygen atoms in total. The van der Waals surface area contributed by atoms with E-state index >= 15 is 0 Å². The molecule has 2 aromatic heterocycles. The van der Waals surface area contributed by atoms with Gasteiger partial charge in [0.05, 0.1) is 24.7 Å². The topological polar surface area (TPSA) is 66.7 Å². The summed E-state index contributed by atoms with van der Waals surface area (Å²) < 4.78 is 7.43. The van der Waals surface area contributed by atoms with E-state index in [-0.39, 0.29) is 0 Å². The van der Waals surface area contributed by atoms with Gasteiger partial charge in [-0.15, -0.1) is 0 Å². The van der Waals surface area contributed by atoms with Crippen molar-refractivity contribution in [2.75, 3.05) is 26.0 Å². The molecular formula is C17H18N6O. The van der Waals surface area contributed by atoms with Crippen LogP contribution in [0.3, 0.4) is 0 Å². The predicted molar refractivity (Wildman–Crippen MR) is 93.0 cm³/mol. The number of nitrogens with zero attached hydrogens (tertiary/aromatic N) is 4. The van der Waals surface area contributed by atoms with Crippen LogP contribution in [0.15, 0.2) is 49.1 Å². The van der Waals surface area contributed by atoms with Gasteiger partial charge in [0.2, 0.25) is 0 Å². The van der Waals surface area contributed by atoms with E-state index in [1.807, 2.05) is 53.1 Å². The Balaban J connectivity index is 1.75. The Morgan fingerprint density at radius 1 is 1.25 bits per heavy atom. The lowest BCUT2D eigenvalue weighted by Crippen LogP contribution is -2.23. The molecule has 0 aliphatic carbocycles. The van der Waals surface area contributed by atoms with Crippen LogP contribution >= 0.6 is 0 Å². The largest absolute Gasteiger partial charge is 0.495 e. The maximum Gasteiger partial charge on any atom is 0.180 e. The Hall–Kier alpha value is -3.06. The summed E-state index contributed by atoms with van der Waals surface area (Å²) in [5, 5.41) is 5.26. The number of para-hydroxylation sites is 2. The number of aromatic nitrogens is 3. The van der Waals surface area contributed by atoms with E-state index in [1.165, 1.54) is 5.57 Å². The van der Waals surface area contributed by atoms with Crippen LogP contribution in [0, 0.1) is 0 Å². The zero-order valence-electron chi connectivity index (χ0n) is 13.5. The van der Waals surface area contributed by atoms with Crippen LogP contribution in [0.5, 0.6) is 5.75 Å². The van der Waals surface area contributed by atoms with E-state index in [9.17, 15) is 0 Å². The third-order valence-corrected chi connectivity index (χ3v) is 3.99. The minimum absolute atomic E-state index is 0.688. The number of hydrazine groups is 1. The Morgan fingerprint density at radius 2 is 2.12 bits per heavy atom. The van der Waals surface area contributed by atoms with Crippen molar-refractivity contribution in [2.24, 2.45) is 0 Å². The van der Waals surface area contributed by atoms with Crippen molar-refractivity contribution in [1.82, 2.24) is 24.8 Å². The van der Waals surface area contributed by atoms with Gasteiger partial charge in [-0.25, -0.2) is 15.4 Å². The van der Waals surface area contributed by atoms with Gasteiger partial charge in [0.25, 0.3) is 0 Å². The summed E-state index contributed by atoms with van der Waals surface area (Å²) in [5.41, 5.74) is 7.10. The van der Waals surface area contributed by atoms with Crippen molar-refractivity contribution in [2.45, 2.75) is 0 Å². The number of fused-ring (bicyclic) bond motifs is 1. The van der Waals surface area contributed by atoms with Crippen LogP contribution in [0.2, 0.25) is 0 Å². The summed E-state index contributed by atoms with van der Waals surface area (Å²) in [4.78, 5) is 8.99. The number of hydrogen-bond acceptors (Lipinski definition) is 6. The Bertz CT molecular complexity index is 916. The zero-order chi connectivity index (χ0) is 16.5. The third-order valence-electron chi connectivity index (χ3n) is 3.99. The molecule has 3 heterocycles. The molecule has 0 spiro atoms. The second kappa shape index (κ2) is 5.86. The fourth-order valence-corrected chi connectivity index (χ4v) is 2.81. The van der Waals surface area contributed by atoms with Crippen molar-refractivity contribution >= 4 is 22.7 Å². The predicted octanol–water partition coefficient (Wildman–Crippen LogP) is 2.27. The first-order valence-corrected chi connectivity index (χ1v) is 7.66. The molecule has 0 amide bonds. The summed E-state index contributed by atoms with van der Waals surface area (Å²) >= 11 is 0. The van der Waals surface area contributed by atoms with Crippen molar-refractivity contribution in [3.8, 4) is 5.75 Å². The second-order valence-electron chi connectivity index (χ2n) is 5.54. The summed E-state index contributed by atoms with van der Waals surface area (Å²) in [6.45, 7) is 0.780. The average molecular weight is 322 g/mol. The third kappa shape index (κ3) is 2.44. The maximum absolute atomic E-state index is 5.39. The molecule has 7 heteroatoms. The van der Waals surface area contributed by atoms with Crippen LogP contribution in [-0.4, -0.2) is 40.1 Å². The van der Waals surface area contributed by atoms with E-state index in [0.29, 0.717) is 5.82 Å². The van der Waals surface area contributed by atoms with Crippen LogP contribution in [0.1, 0.15) is 5.69 Å². The van der Waals surface area contributed by atoms with Crippen LogP contribution < -0.4 is 15.5 Å². The van der Waals surface area contributed by atoms with Crippen LogP contribution in [0.4, 0.5) is 11.5 Å². The smallest absolute Gasteiger partial charge is 0.180 e. The lowest BCUT2D eigenvalue weighted by molar-refractivity contribution is 0.374. The molecule has 1 aliphatic rings. The van der Waals surface area contributed by atoms with E-state index in [1.54, 1.807) is 13.3 Å². The van der Waals surface area contributed by atoms with Crippen LogP contribution in [0.25, 0.3) is 11.2 Å². The first kappa shape index (κ1) is 14.5. The number of rotatable bonds is 4. The molecule has 0 atom stereocenters. The molecule has 0 fully saturated rings. The molecule has 2 N–H and O–H groups in total. The van der Waals surface area contributed by atoms with Gasteiger partial charge in [-0.3, -0.25) is 4.40 Å². The molecule has 0 radical (unpaired) electrons. The van der Waals surface area contributed by atoms with Crippen molar-refractivity contribution < 1.29 is 4.74 Å². The van der Waals surface area contributed by atoms with Gasteiger partial charge in [-0.2, -0.15) is 0 Å². The fourth-order valence-electron chi connectivity index (χ4n) is 2.81. The number of nitrogens with one attached hydrogen (secondary N) is 2. The Labute approximate surface area is 139 Å². The molecule has 0 saturated heterocycles. The van der Waals surface area contributed by atoms with E-state index < -0.39 is 0 Å². The van der Waals surface area contributed by atoms with E-state index in [2.05, 4.69) is 26.9 Å². The van der Waals surface area contributed by atoms with E-state index in [0.717, 1.165) is 29.3 Å². The van der Waals surface area contributed by atoms with Crippen molar-refractivity contribution in [1.29, 1.82) is 0 Å². The highest BCUT2D eigenvalue weighted by Gasteiger charge is 2.16. The lowest BCUT2D eigenvalue weighted by Gasteiger charge is -2.11. The van der Waals surface area contributed by atoms with E-state index in [4.69, 9.17) is 4.74 Å². The number of methoxy groups -OCH3 is 1. The van der Waals surface area contributed by atoms with Crippen molar-refractivity contribution in [3.05, 3.63) is 54.7 Å². The van der Waals surface area contributed by atoms with Gasteiger partial charge < -0.3 is 15.1 Å². The molecule has 3 aromatic rings. The summed E-state index contributed by atoms with van der Waals surface area (Å²) in [6.07, 6.45) is 7.63. The van der Waals surface area contributed by atoms with Crippen molar-refractivity contribution in [3.63, 3.8) is 0 Å². The monoisotopic (exact) mass is 322 g/mol. The summed E-state index contributed by atoms with van der Waals surface area (Å²) in [6, 6.07) is 7.74. The van der Waals surface area contributed by atoms with Crippen LogP contribution in [-0.2, 0) is 0 Å². The SMILES string of the molecule is COc1ccccc1Nc1nccn2c(C3=CN(C)NC3)cnc12. The van der Waals surface area contributed by atoms with Gasteiger partial charge in [0.1, 0.15) is 5.75 Å². The van der Waals surface area contributed by atoms with Gasteiger partial charge in [0, 0.05) is 37.8 Å². The quantitative estimate of drug-likeness (QED) is 0.768. The number of ether oxygens (including phenoxy) is 1.